The predicted molar refractivity (Wildman–Crippen MR) is 127 cm³/mol. The number of hydrogen-bond donors (Lipinski definition) is 1. The first kappa shape index (κ1) is 27.3. The maximum Gasteiger partial charge on any atom is 0.416 e. The van der Waals surface area contributed by atoms with Gasteiger partial charge in [0.25, 0.3) is 10.2 Å². The number of alkyl halides is 3. The van der Waals surface area contributed by atoms with Crippen molar-refractivity contribution >= 4 is 22.0 Å². The van der Waals surface area contributed by atoms with Crippen molar-refractivity contribution in [3.05, 3.63) is 35.4 Å². The Labute approximate surface area is 214 Å². The first-order valence-corrected chi connectivity index (χ1v) is 13.8. The number of nitrogens with zero attached hydrogens (tertiary/aromatic N) is 4. The van der Waals surface area contributed by atoms with Crippen molar-refractivity contribution in [3.63, 3.8) is 0 Å². The third kappa shape index (κ3) is 6.08. The average molecular weight is 542 g/mol. The molecule has 0 aromatic heterocycles. The van der Waals surface area contributed by atoms with Gasteiger partial charge in [-0.1, -0.05) is 12.1 Å². The lowest BCUT2D eigenvalue weighted by molar-refractivity contribution is -0.142. The second-order valence-electron chi connectivity index (χ2n) is 9.78. The van der Waals surface area contributed by atoms with Gasteiger partial charge >= 0.3 is 6.18 Å². The number of carbonyl (C=O) groups excluding carboxylic acids is 2. The Morgan fingerprint density at radius 1 is 1.00 bits per heavy atom. The summed E-state index contributed by atoms with van der Waals surface area (Å²) in [6.45, 7) is 1.19. The molecule has 0 bridgehead atoms. The highest BCUT2D eigenvalue weighted by atomic mass is 32.2. The van der Waals surface area contributed by atoms with Crippen molar-refractivity contribution in [2.24, 2.45) is 11.8 Å². The smallest absolute Gasteiger partial charge is 0.350 e. The molecular weight excluding hydrogens is 511 g/mol. The highest BCUT2D eigenvalue weighted by Crippen LogP contribution is 2.30. The van der Waals surface area contributed by atoms with E-state index in [-0.39, 0.29) is 43.9 Å². The molecule has 9 nitrogen and oxygen atoms in total. The third-order valence-electron chi connectivity index (χ3n) is 7.31. The lowest BCUT2D eigenvalue weighted by atomic mass is 9.97. The predicted octanol–water partition coefficient (Wildman–Crippen LogP) is 2.11. The molecule has 3 atom stereocenters. The zero-order valence-electron chi connectivity index (χ0n) is 20.3. The average Bonchev–Trinajstić information content (AvgIpc) is 3.57. The number of hydrogen-bond acceptors (Lipinski definition) is 5. The molecule has 3 aliphatic rings. The minimum Gasteiger partial charge on any atom is -0.350 e. The maximum atomic E-state index is 13.4. The Morgan fingerprint density at radius 2 is 1.68 bits per heavy atom. The minimum atomic E-state index is -4.44. The van der Waals surface area contributed by atoms with E-state index < -0.39 is 33.9 Å². The van der Waals surface area contributed by atoms with Gasteiger partial charge in [-0.15, -0.1) is 0 Å². The van der Waals surface area contributed by atoms with Crippen molar-refractivity contribution in [2.45, 2.75) is 50.9 Å². The van der Waals surface area contributed by atoms with Gasteiger partial charge in [0.05, 0.1) is 23.5 Å². The topological polar surface area (TPSA) is 114 Å². The van der Waals surface area contributed by atoms with Crippen molar-refractivity contribution in [2.75, 3.05) is 32.7 Å². The molecule has 4 rings (SSSR count). The van der Waals surface area contributed by atoms with E-state index >= 15 is 0 Å². The van der Waals surface area contributed by atoms with E-state index in [1.807, 2.05) is 0 Å². The molecule has 1 N–H and O–H groups in total. The molecule has 13 heteroatoms. The summed E-state index contributed by atoms with van der Waals surface area (Å²) in [7, 11) is -3.78. The van der Waals surface area contributed by atoms with Crippen LogP contribution in [0.5, 0.6) is 0 Å². The molecule has 0 saturated carbocycles. The zero-order valence-corrected chi connectivity index (χ0v) is 21.1. The molecule has 3 saturated heterocycles. The Kier molecular flexibility index (Phi) is 8.11. The molecule has 37 heavy (non-hydrogen) atoms. The molecule has 202 valence electrons. The van der Waals surface area contributed by atoms with Crippen molar-refractivity contribution in [1.29, 1.82) is 5.26 Å². The molecular formula is C24H30F3N5O4S. The van der Waals surface area contributed by atoms with Crippen LogP contribution in [-0.4, -0.2) is 72.5 Å². The van der Waals surface area contributed by atoms with Gasteiger partial charge in [-0.05, 0) is 49.8 Å². The van der Waals surface area contributed by atoms with Crippen LogP contribution in [-0.2, 0) is 32.5 Å². The van der Waals surface area contributed by atoms with E-state index in [2.05, 4.69) is 11.4 Å². The maximum absolute atomic E-state index is 13.4. The Bertz CT molecular complexity index is 1150. The highest BCUT2D eigenvalue weighted by Gasteiger charge is 2.42. The molecule has 1 aromatic carbocycles. The molecule has 0 aliphatic carbocycles. The highest BCUT2D eigenvalue weighted by molar-refractivity contribution is 7.86. The van der Waals surface area contributed by atoms with Gasteiger partial charge < -0.3 is 10.2 Å². The van der Waals surface area contributed by atoms with Gasteiger partial charge in [0, 0.05) is 39.3 Å². The summed E-state index contributed by atoms with van der Waals surface area (Å²) in [6.07, 6.45) is -1.83. The van der Waals surface area contributed by atoms with Crippen LogP contribution in [0.15, 0.2) is 24.3 Å². The molecule has 2 amide bonds. The second-order valence-corrected chi connectivity index (χ2v) is 11.7. The van der Waals surface area contributed by atoms with Crippen LogP contribution >= 0.6 is 0 Å². The SMILES string of the molecule is N#C[C@H]1CCN(S(=O)(=O)N2CCC[C@H](C(=O)N3CCC[C@@H]3C(=O)NCc3ccc(C(F)(F)F)cc3)C2)C1. The van der Waals surface area contributed by atoms with Crippen molar-refractivity contribution < 1.29 is 31.2 Å². The van der Waals surface area contributed by atoms with E-state index in [1.54, 1.807) is 0 Å². The van der Waals surface area contributed by atoms with Gasteiger partial charge in [-0.3, -0.25) is 9.59 Å². The fourth-order valence-electron chi connectivity index (χ4n) is 5.22. The molecule has 1 aromatic rings. The standard InChI is InChI=1S/C24H30F3N5O4S/c25-24(26,27)20-7-5-17(6-8-20)14-29-22(33)21-4-2-11-32(21)23(34)19-3-1-10-30(16-19)37(35,36)31-12-9-18(13-28)15-31/h5-8,18-19,21H,1-4,9-12,14-16H2,(H,29,33)/t18-,19+,21-/m1/s1. The summed E-state index contributed by atoms with van der Waals surface area (Å²) >= 11 is 0. The number of carbonyl (C=O) groups is 2. The zero-order chi connectivity index (χ0) is 26.8. The van der Waals surface area contributed by atoms with Gasteiger partial charge in [0.1, 0.15) is 6.04 Å². The summed E-state index contributed by atoms with van der Waals surface area (Å²) in [4.78, 5) is 27.8. The normalized spacial score (nSPS) is 25.7. The van der Waals surface area contributed by atoms with Gasteiger partial charge in [-0.25, -0.2) is 0 Å². The lowest BCUT2D eigenvalue weighted by Gasteiger charge is -2.36. The van der Waals surface area contributed by atoms with E-state index in [1.165, 1.54) is 25.6 Å². The van der Waals surface area contributed by atoms with E-state index in [9.17, 15) is 31.2 Å². The number of likely N-dealkylation sites (tertiary alicyclic amines) is 1. The third-order valence-corrected chi connectivity index (χ3v) is 9.27. The lowest BCUT2D eigenvalue weighted by Crippen LogP contribution is -2.53. The summed E-state index contributed by atoms with van der Waals surface area (Å²) in [6, 6.07) is 5.92. The number of benzene rings is 1. The van der Waals surface area contributed by atoms with Gasteiger partial charge in [-0.2, -0.15) is 35.5 Å². The van der Waals surface area contributed by atoms with Crippen LogP contribution in [0, 0.1) is 23.2 Å². The van der Waals surface area contributed by atoms with Crippen molar-refractivity contribution in [1.82, 2.24) is 18.8 Å². The Balaban J connectivity index is 1.35. The summed E-state index contributed by atoms with van der Waals surface area (Å²) in [5.41, 5.74) is -0.265. The first-order valence-electron chi connectivity index (χ1n) is 12.4. The fourth-order valence-corrected chi connectivity index (χ4v) is 6.98. The number of piperidine rings is 1. The van der Waals surface area contributed by atoms with Gasteiger partial charge in [0.15, 0.2) is 0 Å². The number of nitriles is 1. The van der Waals surface area contributed by atoms with Crippen LogP contribution in [0.25, 0.3) is 0 Å². The molecule has 0 spiro atoms. The van der Waals surface area contributed by atoms with Crippen molar-refractivity contribution in [3.8, 4) is 6.07 Å². The number of halogens is 3. The first-order chi connectivity index (χ1) is 17.5. The molecule has 3 fully saturated rings. The van der Waals surface area contributed by atoms with Gasteiger partial charge in [0.2, 0.25) is 11.8 Å². The summed E-state index contributed by atoms with van der Waals surface area (Å²) in [5.74, 6) is -1.54. The minimum absolute atomic E-state index is 0.0322. The summed E-state index contributed by atoms with van der Waals surface area (Å²) in [5, 5.41) is 11.8. The largest absolute Gasteiger partial charge is 0.416 e. The van der Waals surface area contributed by atoms with Crippen LogP contribution in [0.1, 0.15) is 43.2 Å². The number of rotatable bonds is 6. The molecule has 3 aliphatic heterocycles. The monoisotopic (exact) mass is 541 g/mol. The van der Waals surface area contributed by atoms with Crippen LogP contribution in [0.3, 0.4) is 0 Å². The summed E-state index contributed by atoms with van der Waals surface area (Å²) < 4.78 is 67.1. The number of amides is 2. The Hall–Kier alpha value is -2.69. The fraction of sp³-hybridized carbons (Fsp3) is 0.625. The number of nitrogens with one attached hydrogen (secondary N) is 1. The van der Waals surface area contributed by atoms with E-state index in [0.717, 1.165) is 12.1 Å². The van der Waals surface area contributed by atoms with Crippen LogP contribution in [0.4, 0.5) is 13.2 Å². The second kappa shape index (κ2) is 11.0. The quantitative estimate of drug-likeness (QED) is 0.593. The molecule has 0 unspecified atom stereocenters. The van der Waals surface area contributed by atoms with E-state index in [0.29, 0.717) is 50.8 Å². The molecule has 0 radical (unpaired) electrons. The van der Waals surface area contributed by atoms with E-state index in [4.69, 9.17) is 5.26 Å². The van der Waals surface area contributed by atoms with Crippen LogP contribution in [0.2, 0.25) is 0 Å². The Morgan fingerprint density at radius 3 is 2.32 bits per heavy atom. The molecule has 3 heterocycles. The van der Waals surface area contributed by atoms with Crippen LogP contribution < -0.4 is 5.32 Å².